The van der Waals surface area contributed by atoms with Gasteiger partial charge in [0, 0.05) is 45.6 Å². The molecular weight excluding hydrogens is 575 g/mol. The van der Waals surface area contributed by atoms with Crippen molar-refractivity contribution in [1.29, 1.82) is 0 Å². The number of hydrogen-bond donors (Lipinski definition) is 0. The summed E-state index contributed by atoms with van der Waals surface area (Å²) in [5.74, 6) is -2.62. The highest BCUT2D eigenvalue weighted by Gasteiger charge is 2.33. The number of rotatable bonds is 6. The van der Waals surface area contributed by atoms with E-state index >= 15 is 0 Å². The summed E-state index contributed by atoms with van der Waals surface area (Å²) in [4.78, 5) is -0.452. The van der Waals surface area contributed by atoms with E-state index in [1.165, 1.54) is 0 Å². The Labute approximate surface area is 204 Å². The van der Waals surface area contributed by atoms with Gasteiger partial charge in [-0.15, -0.1) is 0 Å². The van der Waals surface area contributed by atoms with Crippen LogP contribution in [0.1, 0.15) is 0 Å². The summed E-state index contributed by atoms with van der Waals surface area (Å²) >= 11 is 0. The standard InChI is InChI=1S/C16H8Cl2N4O10S3/c17-34(27,28)13-15(23)31-19-21(13)9-1-5-11(6-2-9)33(25,26)12-7-3-10(4-8-12)22-14(35(18,29)30)16(24)32-20-22/h1-8H. The average molecular weight is 583 g/mol. The van der Waals surface area contributed by atoms with Crippen LogP contribution in [0, 0.1) is 0 Å². The van der Waals surface area contributed by atoms with E-state index in [1.54, 1.807) is 0 Å². The Morgan fingerprint density at radius 2 is 0.943 bits per heavy atom. The summed E-state index contributed by atoms with van der Waals surface area (Å²) in [6.07, 6.45) is 0. The molecule has 4 rings (SSSR count). The third-order valence-electron chi connectivity index (χ3n) is 4.39. The van der Waals surface area contributed by atoms with Gasteiger partial charge in [-0.25, -0.2) is 25.3 Å². The first-order chi connectivity index (χ1) is 16.2. The van der Waals surface area contributed by atoms with Gasteiger partial charge < -0.3 is 19.3 Å². The Balaban J connectivity index is 1.68. The van der Waals surface area contributed by atoms with Crippen molar-refractivity contribution in [2.24, 2.45) is 0 Å². The van der Waals surface area contributed by atoms with Crippen molar-refractivity contribution < 1.29 is 53.9 Å². The van der Waals surface area contributed by atoms with E-state index in [2.05, 4.69) is 19.6 Å². The molecular formula is C16H8Cl2N4O10S3. The molecule has 0 amide bonds. The van der Waals surface area contributed by atoms with Crippen molar-refractivity contribution in [3.05, 3.63) is 48.5 Å². The molecule has 0 saturated heterocycles. The maximum atomic E-state index is 13.0. The van der Waals surface area contributed by atoms with Crippen molar-refractivity contribution in [3.8, 4) is 23.3 Å². The molecule has 0 bridgehead atoms. The molecule has 0 aliphatic rings. The van der Waals surface area contributed by atoms with Gasteiger partial charge in [-0.1, -0.05) is 0 Å². The summed E-state index contributed by atoms with van der Waals surface area (Å²) < 4.78 is 82.2. The smallest absolute Gasteiger partial charge is 0.368 e. The predicted octanol–water partition coefficient (Wildman–Crippen LogP) is -0.949. The molecule has 0 N–H and O–H groups in total. The summed E-state index contributed by atoms with van der Waals surface area (Å²) in [5.41, 5.74) is -0.0647. The molecule has 0 saturated carbocycles. The van der Waals surface area contributed by atoms with Crippen molar-refractivity contribution in [2.45, 2.75) is 19.8 Å². The molecule has 2 aromatic heterocycles. The second kappa shape index (κ2) is 8.45. The van der Waals surface area contributed by atoms with Crippen LogP contribution < -0.4 is 19.6 Å². The van der Waals surface area contributed by atoms with Gasteiger partial charge in [-0.3, -0.25) is 0 Å². The molecule has 4 aromatic rings. The van der Waals surface area contributed by atoms with Crippen LogP contribution in [0.3, 0.4) is 0 Å². The van der Waals surface area contributed by atoms with Crippen LogP contribution in [-0.4, -0.2) is 35.8 Å². The Kier molecular flexibility index (Phi) is 6.00. The number of halogens is 2. The fourth-order valence-electron chi connectivity index (χ4n) is 2.88. The van der Waals surface area contributed by atoms with Crippen molar-refractivity contribution >= 4 is 49.3 Å². The van der Waals surface area contributed by atoms with Crippen molar-refractivity contribution in [2.75, 3.05) is 0 Å². The van der Waals surface area contributed by atoms with Crippen LogP contribution in [0.5, 0.6) is 11.9 Å². The van der Waals surface area contributed by atoms with Crippen LogP contribution in [0.4, 0.5) is 0 Å². The van der Waals surface area contributed by atoms with Gasteiger partial charge in [-0.2, -0.15) is 0 Å². The van der Waals surface area contributed by atoms with Gasteiger partial charge in [-0.05, 0) is 33.6 Å². The van der Waals surface area contributed by atoms with Gasteiger partial charge in [0.1, 0.15) is 0 Å². The lowest BCUT2D eigenvalue weighted by Crippen LogP contribution is -2.37. The summed E-state index contributed by atoms with van der Waals surface area (Å²) in [7, 11) is -2.72. The SMILES string of the molecule is O=S(=O)(Cl)c1c([O-])on[n+]1-c1ccc(S(=O)(=O)c2ccc(-[n+]3noc([O-])c3S(=O)(=O)Cl)cc2)cc1. The molecule has 35 heavy (non-hydrogen) atoms. The first-order valence-corrected chi connectivity index (χ1v) is 14.8. The minimum Gasteiger partial charge on any atom is -0.538 e. The van der Waals surface area contributed by atoms with Crippen LogP contribution in [0.25, 0.3) is 11.4 Å². The van der Waals surface area contributed by atoms with E-state index < -0.39 is 49.9 Å². The zero-order chi connectivity index (χ0) is 25.8. The molecule has 0 spiro atoms. The van der Waals surface area contributed by atoms with E-state index in [9.17, 15) is 35.5 Å². The molecule has 14 nitrogen and oxygen atoms in total. The minimum atomic E-state index is -4.52. The van der Waals surface area contributed by atoms with E-state index in [0.717, 1.165) is 48.5 Å². The number of aromatic nitrogens is 4. The van der Waals surface area contributed by atoms with Crippen LogP contribution in [0.15, 0.2) is 77.4 Å². The highest BCUT2D eigenvalue weighted by atomic mass is 35.7. The summed E-state index contributed by atoms with van der Waals surface area (Å²) in [6.45, 7) is 0. The molecule has 19 heteroatoms. The zero-order valence-corrected chi connectivity index (χ0v) is 20.4. The highest BCUT2D eigenvalue weighted by Crippen LogP contribution is 2.25. The number of hydrogen-bond acceptors (Lipinski definition) is 12. The maximum Gasteiger partial charge on any atom is 0.368 e. The molecule has 184 valence electrons. The first-order valence-electron chi connectivity index (χ1n) is 8.74. The predicted molar refractivity (Wildman–Crippen MR) is 106 cm³/mol. The molecule has 0 atom stereocenters. The van der Waals surface area contributed by atoms with Gasteiger partial charge in [0.05, 0.1) is 20.3 Å². The Morgan fingerprint density at radius 1 is 0.629 bits per heavy atom. The quantitative estimate of drug-likeness (QED) is 0.199. The molecule has 2 heterocycles. The molecule has 0 radical (unpaired) electrons. The Morgan fingerprint density at radius 3 is 1.23 bits per heavy atom. The molecule has 2 aromatic carbocycles. The summed E-state index contributed by atoms with van der Waals surface area (Å²) in [5, 5.41) is 27.9. The first kappa shape index (κ1) is 24.9. The van der Waals surface area contributed by atoms with E-state index in [4.69, 9.17) is 21.4 Å². The second-order valence-electron chi connectivity index (χ2n) is 6.52. The van der Waals surface area contributed by atoms with Crippen LogP contribution >= 0.6 is 21.4 Å². The van der Waals surface area contributed by atoms with Crippen LogP contribution in [-0.2, 0) is 27.9 Å². The van der Waals surface area contributed by atoms with Crippen molar-refractivity contribution in [1.82, 2.24) is 10.5 Å². The fourth-order valence-corrected chi connectivity index (χ4v) is 6.08. The number of benzene rings is 2. The highest BCUT2D eigenvalue weighted by molar-refractivity contribution is 8.14. The Hall–Kier alpha value is -3.25. The topological polar surface area (TPSA) is 208 Å². The summed E-state index contributed by atoms with van der Waals surface area (Å²) in [6, 6.07) is 9.10. The lowest BCUT2D eigenvalue weighted by atomic mass is 10.3. The van der Waals surface area contributed by atoms with Crippen molar-refractivity contribution in [3.63, 3.8) is 0 Å². The fraction of sp³-hybridized carbons (Fsp3) is 0. The van der Waals surface area contributed by atoms with E-state index in [1.807, 2.05) is 0 Å². The van der Waals surface area contributed by atoms with E-state index in [-0.39, 0.29) is 21.2 Å². The molecule has 0 aliphatic heterocycles. The third-order valence-corrected chi connectivity index (χ3v) is 8.66. The Bertz CT molecular complexity index is 1640. The second-order valence-corrected chi connectivity index (χ2v) is 13.4. The number of nitrogens with zero attached hydrogens (tertiary/aromatic N) is 4. The van der Waals surface area contributed by atoms with E-state index in [0.29, 0.717) is 9.36 Å². The van der Waals surface area contributed by atoms with Crippen LogP contribution in [0.2, 0.25) is 0 Å². The molecule has 0 aliphatic carbocycles. The molecule has 0 fully saturated rings. The average Bonchev–Trinajstić information content (AvgIpc) is 3.36. The minimum absolute atomic E-state index is 0.0324. The lowest BCUT2D eigenvalue weighted by Gasteiger charge is -2.04. The monoisotopic (exact) mass is 582 g/mol. The normalized spacial score (nSPS) is 12.6. The van der Waals surface area contributed by atoms with Gasteiger partial charge in [0.2, 0.25) is 21.2 Å². The third kappa shape index (κ3) is 4.55. The van der Waals surface area contributed by atoms with Gasteiger partial charge >= 0.3 is 28.2 Å². The zero-order valence-electron chi connectivity index (χ0n) is 16.5. The molecule has 0 unspecified atom stereocenters. The van der Waals surface area contributed by atoms with Gasteiger partial charge in [0.25, 0.3) is 0 Å². The largest absolute Gasteiger partial charge is 0.538 e. The lowest BCUT2D eigenvalue weighted by molar-refractivity contribution is -0.706. The maximum absolute atomic E-state index is 13.0. The number of sulfone groups is 1. The van der Waals surface area contributed by atoms with Gasteiger partial charge in [0.15, 0.2) is 11.9 Å².